The van der Waals surface area contributed by atoms with Crippen LogP contribution >= 0.6 is 0 Å². The van der Waals surface area contributed by atoms with E-state index in [2.05, 4.69) is 4.98 Å². The van der Waals surface area contributed by atoms with Crippen molar-refractivity contribution in [3.63, 3.8) is 0 Å². The molecule has 1 heterocycles. The number of alkyl halides is 3. The van der Waals surface area contributed by atoms with Gasteiger partial charge < -0.3 is 4.98 Å². The number of hydrogen-bond donors (Lipinski definition) is 1. The normalized spacial score (nSPS) is 12.3. The maximum atomic E-state index is 13.0. The van der Waals surface area contributed by atoms with Gasteiger partial charge in [0.25, 0.3) is 0 Å². The van der Waals surface area contributed by atoms with Gasteiger partial charge in [-0.1, -0.05) is 0 Å². The highest BCUT2D eigenvalue weighted by molar-refractivity contribution is 5.75. The number of fused-ring (bicyclic) bond motifs is 1. The molecule has 2 nitrogen and oxygen atoms in total. The first-order chi connectivity index (χ1) is 6.88. The lowest BCUT2D eigenvalue weighted by atomic mass is 10.3. The molecule has 0 saturated carbocycles. The number of imidazole rings is 1. The average Bonchev–Trinajstić information content (AvgIpc) is 2.46. The molecule has 0 fully saturated rings. The number of nitrogens with zero attached hydrogens (tertiary/aromatic N) is 1. The van der Waals surface area contributed by atoms with E-state index in [9.17, 15) is 22.0 Å². The minimum atomic E-state index is -4.71. The highest BCUT2D eigenvalue weighted by Crippen LogP contribution is 2.29. The largest absolute Gasteiger partial charge is 0.449 e. The third-order valence-electron chi connectivity index (χ3n) is 1.77. The Morgan fingerprint density at radius 3 is 2.40 bits per heavy atom. The van der Waals surface area contributed by atoms with Crippen LogP contribution < -0.4 is 0 Å². The van der Waals surface area contributed by atoms with Crippen molar-refractivity contribution in [2.24, 2.45) is 0 Å². The molecule has 0 radical (unpaired) electrons. The van der Waals surface area contributed by atoms with Gasteiger partial charge in [-0.3, -0.25) is 0 Å². The zero-order valence-electron chi connectivity index (χ0n) is 6.99. The van der Waals surface area contributed by atoms with Crippen LogP contribution in [0.5, 0.6) is 0 Å². The molecule has 7 heteroatoms. The third-order valence-corrected chi connectivity index (χ3v) is 1.77. The second kappa shape index (κ2) is 2.91. The molecule has 1 N–H and O–H groups in total. The lowest BCUT2D eigenvalue weighted by Crippen LogP contribution is -2.06. The fourth-order valence-electron chi connectivity index (χ4n) is 1.18. The molecule has 1 aromatic heterocycles. The molecule has 0 unspecified atom stereocenters. The van der Waals surface area contributed by atoms with Crippen molar-refractivity contribution in [1.29, 1.82) is 0 Å². The van der Waals surface area contributed by atoms with Crippen LogP contribution in [0.15, 0.2) is 12.1 Å². The molecule has 0 aliphatic carbocycles. The quantitative estimate of drug-likeness (QED) is 0.682. The Balaban J connectivity index is 2.71. The van der Waals surface area contributed by atoms with Gasteiger partial charge in [-0.2, -0.15) is 13.2 Å². The minimum Gasteiger partial charge on any atom is -0.334 e. The summed E-state index contributed by atoms with van der Waals surface area (Å²) >= 11 is 0. The number of aromatic nitrogens is 2. The van der Waals surface area contributed by atoms with Gasteiger partial charge in [-0.05, 0) is 6.07 Å². The number of aromatic amines is 1. The van der Waals surface area contributed by atoms with Gasteiger partial charge in [0, 0.05) is 6.07 Å². The van der Waals surface area contributed by atoms with E-state index < -0.39 is 29.2 Å². The molecule has 2 aromatic rings. The van der Waals surface area contributed by atoms with Crippen LogP contribution in [0.25, 0.3) is 11.0 Å². The van der Waals surface area contributed by atoms with Crippen molar-refractivity contribution in [2.75, 3.05) is 0 Å². The van der Waals surface area contributed by atoms with Crippen molar-refractivity contribution in [3.8, 4) is 0 Å². The monoisotopic (exact) mass is 222 g/mol. The second-order valence-electron chi connectivity index (χ2n) is 2.87. The molecule has 1 aromatic carbocycles. The molecule has 80 valence electrons. The SMILES string of the molecule is Fc1cc(F)c2nc(C(F)(F)F)[nH]c2c1. The predicted molar refractivity (Wildman–Crippen MR) is 41.0 cm³/mol. The van der Waals surface area contributed by atoms with Gasteiger partial charge in [-0.25, -0.2) is 13.8 Å². The zero-order valence-corrected chi connectivity index (χ0v) is 6.99. The lowest BCUT2D eigenvalue weighted by Gasteiger charge is -1.98. The average molecular weight is 222 g/mol. The Hall–Kier alpha value is -1.66. The molecule has 0 aliphatic rings. The number of H-pyrrole nitrogens is 1. The van der Waals surface area contributed by atoms with Crippen LogP contribution in [0.3, 0.4) is 0 Å². The molecule has 0 bridgehead atoms. The van der Waals surface area contributed by atoms with Crippen LogP contribution in [0.1, 0.15) is 5.82 Å². The van der Waals surface area contributed by atoms with E-state index in [-0.39, 0.29) is 5.52 Å². The van der Waals surface area contributed by atoms with Gasteiger partial charge in [-0.15, -0.1) is 0 Å². The van der Waals surface area contributed by atoms with Crippen LogP contribution in [0, 0.1) is 11.6 Å². The number of hydrogen-bond acceptors (Lipinski definition) is 1. The van der Waals surface area contributed by atoms with Crippen molar-refractivity contribution in [3.05, 3.63) is 29.6 Å². The van der Waals surface area contributed by atoms with E-state index >= 15 is 0 Å². The van der Waals surface area contributed by atoms with Gasteiger partial charge in [0.05, 0.1) is 5.52 Å². The van der Waals surface area contributed by atoms with E-state index in [1.165, 1.54) is 0 Å². The van der Waals surface area contributed by atoms with Crippen LogP contribution in [0.4, 0.5) is 22.0 Å². The smallest absolute Gasteiger partial charge is 0.334 e. The number of nitrogens with one attached hydrogen (secondary N) is 1. The summed E-state index contributed by atoms with van der Waals surface area (Å²) in [4.78, 5) is 4.80. The molecular formula is C8H3F5N2. The summed E-state index contributed by atoms with van der Waals surface area (Å²) < 4.78 is 62.0. The Morgan fingerprint density at radius 2 is 1.80 bits per heavy atom. The summed E-state index contributed by atoms with van der Waals surface area (Å²) in [6, 6.07) is 1.23. The molecule has 0 spiro atoms. The Kier molecular flexibility index (Phi) is 1.92. The molecule has 0 aliphatic heterocycles. The highest BCUT2D eigenvalue weighted by Gasteiger charge is 2.35. The molecule has 0 atom stereocenters. The summed E-state index contributed by atoms with van der Waals surface area (Å²) in [6.45, 7) is 0. The van der Waals surface area contributed by atoms with Crippen molar-refractivity contribution >= 4 is 11.0 Å². The number of rotatable bonds is 0. The summed E-state index contributed by atoms with van der Waals surface area (Å²) in [6.07, 6.45) is -4.71. The highest BCUT2D eigenvalue weighted by atomic mass is 19.4. The first-order valence-corrected chi connectivity index (χ1v) is 3.80. The first kappa shape index (κ1) is 9.88. The maximum Gasteiger partial charge on any atom is 0.449 e. The summed E-state index contributed by atoms with van der Waals surface area (Å²) in [7, 11) is 0. The molecule has 0 saturated heterocycles. The lowest BCUT2D eigenvalue weighted by molar-refractivity contribution is -0.144. The number of halogens is 5. The minimum absolute atomic E-state index is 0.320. The van der Waals surface area contributed by atoms with E-state index in [1.54, 1.807) is 4.98 Å². The van der Waals surface area contributed by atoms with Crippen molar-refractivity contribution in [1.82, 2.24) is 9.97 Å². The number of benzene rings is 1. The van der Waals surface area contributed by atoms with E-state index in [0.717, 1.165) is 6.07 Å². The van der Waals surface area contributed by atoms with Gasteiger partial charge >= 0.3 is 6.18 Å². The summed E-state index contributed by atoms with van der Waals surface area (Å²) in [5.41, 5.74) is -0.844. The van der Waals surface area contributed by atoms with Crippen molar-refractivity contribution < 1.29 is 22.0 Å². The molecule has 15 heavy (non-hydrogen) atoms. The second-order valence-corrected chi connectivity index (χ2v) is 2.87. The molecule has 2 rings (SSSR count). The fraction of sp³-hybridized carbons (Fsp3) is 0.125. The van der Waals surface area contributed by atoms with Crippen molar-refractivity contribution in [2.45, 2.75) is 6.18 Å². The topological polar surface area (TPSA) is 28.7 Å². The van der Waals surface area contributed by atoms with Crippen LogP contribution in [-0.2, 0) is 6.18 Å². The summed E-state index contributed by atoms with van der Waals surface area (Å²) in [5, 5.41) is 0. The molecular weight excluding hydrogens is 219 g/mol. The van der Waals surface area contributed by atoms with E-state index in [0.29, 0.717) is 6.07 Å². The van der Waals surface area contributed by atoms with Crippen LogP contribution in [0.2, 0.25) is 0 Å². The summed E-state index contributed by atoms with van der Waals surface area (Å²) in [5.74, 6) is -3.43. The molecule has 0 amide bonds. The predicted octanol–water partition coefficient (Wildman–Crippen LogP) is 2.86. The van der Waals surface area contributed by atoms with E-state index in [4.69, 9.17) is 0 Å². The van der Waals surface area contributed by atoms with Gasteiger partial charge in [0.2, 0.25) is 5.82 Å². The van der Waals surface area contributed by atoms with Crippen LogP contribution in [-0.4, -0.2) is 9.97 Å². The standard InChI is InChI=1S/C8H3F5N2/c9-3-1-4(10)6-5(2-3)14-7(15-6)8(11,12)13/h1-2H,(H,14,15). The Labute approximate surface area is 79.7 Å². The van der Waals surface area contributed by atoms with E-state index in [1.807, 2.05) is 0 Å². The first-order valence-electron chi connectivity index (χ1n) is 3.80. The zero-order chi connectivity index (χ0) is 11.2. The fourth-order valence-corrected chi connectivity index (χ4v) is 1.18. The Bertz CT molecular complexity index is 513. The van der Waals surface area contributed by atoms with Gasteiger partial charge in [0.15, 0.2) is 5.82 Å². The third kappa shape index (κ3) is 1.64. The Morgan fingerprint density at radius 1 is 1.13 bits per heavy atom. The van der Waals surface area contributed by atoms with Gasteiger partial charge in [0.1, 0.15) is 11.3 Å². The maximum absolute atomic E-state index is 13.0.